The van der Waals surface area contributed by atoms with E-state index in [1.54, 1.807) is 0 Å². The highest BCUT2D eigenvalue weighted by atomic mass is 16.3. The van der Waals surface area contributed by atoms with E-state index in [9.17, 15) is 9.90 Å². The Hall–Kier alpha value is -1.63. The lowest BCUT2D eigenvalue weighted by Crippen LogP contribution is -2.44. The molecule has 7 heteroatoms. The minimum absolute atomic E-state index is 0.0303. The third kappa shape index (κ3) is 5.78. The summed E-state index contributed by atoms with van der Waals surface area (Å²) in [5.41, 5.74) is 0. The minimum Gasteiger partial charge on any atom is -0.394 e. The Bertz CT molecular complexity index is 515. The number of aliphatic hydroxyl groups excluding tert-OH is 1. The minimum atomic E-state index is -0.213. The second-order valence-electron chi connectivity index (χ2n) is 7.01. The first-order chi connectivity index (χ1) is 11.6. The molecule has 3 N–H and O–H groups in total. The molecule has 2 amide bonds. The number of nitrogens with one attached hydrogen (secondary N) is 2. The Balaban J connectivity index is 1.69. The Labute approximate surface area is 144 Å². The van der Waals surface area contributed by atoms with E-state index in [4.69, 9.17) is 0 Å². The molecular weight excluding hydrogens is 306 g/mol. The van der Waals surface area contributed by atoms with Gasteiger partial charge in [0.25, 0.3) is 0 Å². The van der Waals surface area contributed by atoms with Crippen LogP contribution in [0.25, 0.3) is 0 Å². The number of rotatable bonds is 8. The van der Waals surface area contributed by atoms with E-state index in [1.807, 2.05) is 0 Å². The number of nitrogens with zero attached hydrogens (tertiary/aromatic N) is 3. The normalized spacial score (nSPS) is 15.7. The fraction of sp³-hybridized carbons (Fsp3) is 0.824. The van der Waals surface area contributed by atoms with Crippen molar-refractivity contribution in [3.63, 3.8) is 0 Å². The van der Waals surface area contributed by atoms with Crippen LogP contribution in [0.2, 0.25) is 0 Å². The predicted octanol–water partition coefficient (Wildman–Crippen LogP) is 1.64. The smallest absolute Gasteiger partial charge is 0.315 e. The summed E-state index contributed by atoms with van der Waals surface area (Å²) >= 11 is 0. The van der Waals surface area contributed by atoms with Crippen LogP contribution in [-0.2, 0) is 19.4 Å². The maximum Gasteiger partial charge on any atom is 0.315 e. The zero-order valence-corrected chi connectivity index (χ0v) is 14.9. The fourth-order valence-electron chi connectivity index (χ4n) is 3.16. The van der Waals surface area contributed by atoms with Crippen LogP contribution < -0.4 is 10.6 Å². The predicted molar refractivity (Wildman–Crippen MR) is 92.8 cm³/mol. The SMILES string of the molecule is CC(C)CC(CO)NC(=O)NCCCc1nnc2n1CCCCC2. The summed E-state index contributed by atoms with van der Waals surface area (Å²) in [5.74, 6) is 2.57. The van der Waals surface area contributed by atoms with Crippen molar-refractivity contribution >= 4 is 6.03 Å². The number of aliphatic hydroxyl groups is 1. The van der Waals surface area contributed by atoms with Crippen molar-refractivity contribution in [3.05, 3.63) is 11.6 Å². The maximum absolute atomic E-state index is 11.9. The van der Waals surface area contributed by atoms with Crippen LogP contribution in [0.1, 0.15) is 57.6 Å². The molecule has 2 rings (SSSR count). The van der Waals surface area contributed by atoms with Crippen LogP contribution in [0.3, 0.4) is 0 Å². The van der Waals surface area contributed by atoms with Gasteiger partial charge in [0.2, 0.25) is 0 Å². The van der Waals surface area contributed by atoms with Crippen molar-refractivity contribution in [1.82, 2.24) is 25.4 Å². The number of carbonyl (C=O) groups excluding carboxylic acids is 1. The van der Waals surface area contributed by atoms with E-state index in [0.717, 1.165) is 43.9 Å². The van der Waals surface area contributed by atoms with E-state index < -0.39 is 0 Å². The first kappa shape index (κ1) is 18.7. The molecule has 7 nitrogen and oxygen atoms in total. The van der Waals surface area contributed by atoms with Gasteiger partial charge in [0.05, 0.1) is 12.6 Å². The third-order valence-electron chi connectivity index (χ3n) is 4.36. The lowest BCUT2D eigenvalue weighted by molar-refractivity contribution is 0.207. The van der Waals surface area contributed by atoms with Gasteiger partial charge in [-0.3, -0.25) is 0 Å². The lowest BCUT2D eigenvalue weighted by Gasteiger charge is -2.18. The van der Waals surface area contributed by atoms with Gasteiger partial charge in [0.1, 0.15) is 11.6 Å². The first-order valence-electron chi connectivity index (χ1n) is 9.16. The van der Waals surface area contributed by atoms with Gasteiger partial charge in [-0.05, 0) is 31.6 Å². The monoisotopic (exact) mass is 337 g/mol. The molecule has 24 heavy (non-hydrogen) atoms. The third-order valence-corrected chi connectivity index (χ3v) is 4.36. The first-order valence-corrected chi connectivity index (χ1v) is 9.16. The summed E-state index contributed by atoms with van der Waals surface area (Å²) in [6.45, 7) is 5.72. The Morgan fingerprint density at radius 2 is 2.12 bits per heavy atom. The molecule has 1 atom stereocenters. The van der Waals surface area contributed by atoms with Gasteiger partial charge in [-0.2, -0.15) is 0 Å². The second kappa shape index (κ2) is 9.61. The van der Waals surface area contributed by atoms with Crippen LogP contribution in [-0.4, -0.2) is 45.1 Å². The summed E-state index contributed by atoms with van der Waals surface area (Å²) in [7, 11) is 0. The van der Waals surface area contributed by atoms with E-state index in [-0.39, 0.29) is 18.7 Å². The standard InChI is InChI=1S/C17H31N5O2/c1-13(2)11-14(12-23)19-17(24)18-9-6-8-16-21-20-15-7-4-3-5-10-22(15)16/h13-14,23H,3-12H2,1-2H3,(H2,18,19,24). The summed E-state index contributed by atoms with van der Waals surface area (Å²) in [6.07, 6.45) is 7.09. The van der Waals surface area contributed by atoms with E-state index in [0.29, 0.717) is 12.5 Å². The molecule has 0 saturated carbocycles. The van der Waals surface area contributed by atoms with Crippen LogP contribution in [0.4, 0.5) is 4.79 Å². The Morgan fingerprint density at radius 1 is 1.29 bits per heavy atom. The lowest BCUT2D eigenvalue weighted by atomic mass is 10.0. The van der Waals surface area contributed by atoms with Crippen LogP contribution in [0.15, 0.2) is 0 Å². The van der Waals surface area contributed by atoms with E-state index in [1.165, 1.54) is 19.3 Å². The molecule has 136 valence electrons. The van der Waals surface area contributed by atoms with Gasteiger partial charge in [-0.25, -0.2) is 4.79 Å². The van der Waals surface area contributed by atoms with Crippen molar-refractivity contribution in [3.8, 4) is 0 Å². The van der Waals surface area contributed by atoms with Gasteiger partial charge < -0.3 is 20.3 Å². The molecule has 0 aromatic carbocycles. The number of fused-ring (bicyclic) bond motifs is 1. The van der Waals surface area contributed by atoms with Crippen molar-refractivity contribution in [1.29, 1.82) is 0 Å². The Kier molecular flexibility index (Phi) is 7.49. The largest absolute Gasteiger partial charge is 0.394 e. The van der Waals surface area contributed by atoms with E-state index in [2.05, 4.69) is 39.2 Å². The summed E-state index contributed by atoms with van der Waals surface area (Å²) < 4.78 is 2.25. The van der Waals surface area contributed by atoms with Crippen molar-refractivity contribution in [2.24, 2.45) is 5.92 Å². The number of hydrogen-bond acceptors (Lipinski definition) is 4. The number of aryl methyl sites for hydroxylation is 2. The van der Waals surface area contributed by atoms with E-state index >= 15 is 0 Å². The molecule has 0 spiro atoms. The average molecular weight is 337 g/mol. The molecule has 1 aliphatic rings. The van der Waals surface area contributed by atoms with Crippen molar-refractivity contribution in [2.45, 2.75) is 71.4 Å². The number of carbonyl (C=O) groups is 1. The highest BCUT2D eigenvalue weighted by Crippen LogP contribution is 2.15. The molecule has 1 aromatic rings. The van der Waals surface area contributed by atoms with Crippen LogP contribution >= 0.6 is 0 Å². The summed E-state index contributed by atoms with van der Waals surface area (Å²) in [4.78, 5) is 11.9. The zero-order valence-electron chi connectivity index (χ0n) is 14.9. The highest BCUT2D eigenvalue weighted by molar-refractivity contribution is 5.74. The second-order valence-corrected chi connectivity index (χ2v) is 7.01. The molecule has 0 saturated heterocycles. The average Bonchev–Trinajstić information content (AvgIpc) is 2.77. The molecule has 2 heterocycles. The van der Waals surface area contributed by atoms with Gasteiger partial charge >= 0.3 is 6.03 Å². The molecule has 0 radical (unpaired) electrons. The number of aromatic nitrogens is 3. The molecule has 1 aromatic heterocycles. The molecule has 1 aliphatic heterocycles. The molecule has 0 aliphatic carbocycles. The van der Waals surface area contributed by atoms with Gasteiger partial charge in [-0.15, -0.1) is 10.2 Å². The quantitative estimate of drug-likeness (QED) is 0.629. The maximum atomic E-state index is 11.9. The number of urea groups is 1. The summed E-state index contributed by atoms with van der Waals surface area (Å²) in [6, 6.07) is -0.396. The number of amides is 2. The van der Waals surface area contributed by atoms with Crippen LogP contribution in [0, 0.1) is 5.92 Å². The molecule has 0 fully saturated rings. The summed E-state index contributed by atoms with van der Waals surface area (Å²) in [5, 5.41) is 23.6. The zero-order chi connectivity index (χ0) is 17.4. The number of hydrogen-bond donors (Lipinski definition) is 3. The van der Waals surface area contributed by atoms with Crippen molar-refractivity contribution in [2.75, 3.05) is 13.2 Å². The fourth-order valence-corrected chi connectivity index (χ4v) is 3.16. The molecular formula is C17H31N5O2. The van der Waals surface area contributed by atoms with Gasteiger partial charge in [-0.1, -0.05) is 20.3 Å². The molecule has 1 unspecified atom stereocenters. The Morgan fingerprint density at radius 3 is 2.88 bits per heavy atom. The van der Waals surface area contributed by atoms with Gasteiger partial charge in [0.15, 0.2) is 0 Å². The van der Waals surface area contributed by atoms with Crippen LogP contribution in [0.5, 0.6) is 0 Å². The van der Waals surface area contributed by atoms with Gasteiger partial charge in [0, 0.05) is 25.9 Å². The molecule has 0 bridgehead atoms. The van der Waals surface area contributed by atoms with Crippen molar-refractivity contribution < 1.29 is 9.90 Å². The highest BCUT2D eigenvalue weighted by Gasteiger charge is 2.15. The topological polar surface area (TPSA) is 92.1 Å².